The van der Waals surface area contributed by atoms with Gasteiger partial charge in [-0.3, -0.25) is 9.69 Å². The number of amides is 3. The van der Waals surface area contributed by atoms with E-state index in [2.05, 4.69) is 4.98 Å². The SMILES string of the molecule is CCC(C)OC(=O)N1CCN(C(=O)OC(C)CC)[C@@H](C(=O)N2CCCCC2CCn2ccnc2)C1. The van der Waals surface area contributed by atoms with Gasteiger partial charge in [0.25, 0.3) is 0 Å². The van der Waals surface area contributed by atoms with E-state index in [0.717, 1.165) is 32.2 Å². The minimum atomic E-state index is -0.793. The van der Waals surface area contributed by atoms with E-state index in [4.69, 9.17) is 9.47 Å². The molecule has 2 fully saturated rings. The molecule has 0 aliphatic carbocycles. The molecule has 3 rings (SSSR count). The molecule has 2 aliphatic rings. The van der Waals surface area contributed by atoms with Gasteiger partial charge in [-0.05, 0) is 52.4 Å². The lowest BCUT2D eigenvalue weighted by Crippen LogP contribution is -2.63. The average Bonchev–Trinajstić information content (AvgIpc) is 3.40. The Morgan fingerprint density at radius 1 is 0.971 bits per heavy atom. The summed E-state index contributed by atoms with van der Waals surface area (Å²) in [6, 6.07) is -0.716. The number of rotatable bonds is 8. The maximum atomic E-state index is 13.9. The van der Waals surface area contributed by atoms with Gasteiger partial charge in [-0.1, -0.05) is 13.8 Å². The zero-order valence-corrected chi connectivity index (χ0v) is 21.6. The van der Waals surface area contributed by atoms with E-state index in [1.54, 1.807) is 17.4 Å². The third-order valence-electron chi connectivity index (χ3n) is 7.10. The van der Waals surface area contributed by atoms with Gasteiger partial charge in [0.1, 0.15) is 18.2 Å². The van der Waals surface area contributed by atoms with Crippen molar-refractivity contribution >= 4 is 18.1 Å². The highest BCUT2D eigenvalue weighted by Gasteiger charge is 2.42. The van der Waals surface area contributed by atoms with Gasteiger partial charge < -0.3 is 23.8 Å². The molecule has 0 spiro atoms. The number of nitrogens with zero attached hydrogens (tertiary/aromatic N) is 5. The molecule has 1 aromatic rings. The topological polar surface area (TPSA) is 97.2 Å². The lowest BCUT2D eigenvalue weighted by molar-refractivity contribution is -0.142. The van der Waals surface area contributed by atoms with Crippen molar-refractivity contribution in [2.45, 2.75) is 97.1 Å². The van der Waals surface area contributed by atoms with Gasteiger partial charge in [0, 0.05) is 44.6 Å². The van der Waals surface area contributed by atoms with Crippen LogP contribution in [0.25, 0.3) is 0 Å². The van der Waals surface area contributed by atoms with E-state index in [9.17, 15) is 14.4 Å². The first-order valence-electron chi connectivity index (χ1n) is 13.0. The Balaban J connectivity index is 1.76. The van der Waals surface area contributed by atoms with Gasteiger partial charge in [0.05, 0.1) is 12.9 Å². The van der Waals surface area contributed by atoms with Crippen molar-refractivity contribution in [3.05, 3.63) is 18.7 Å². The molecule has 10 nitrogen and oxygen atoms in total. The first-order valence-corrected chi connectivity index (χ1v) is 13.0. The number of likely N-dealkylation sites (tertiary alicyclic amines) is 1. The van der Waals surface area contributed by atoms with Gasteiger partial charge >= 0.3 is 12.2 Å². The molecule has 0 radical (unpaired) electrons. The molecule has 10 heteroatoms. The second-order valence-corrected chi connectivity index (χ2v) is 9.63. The second kappa shape index (κ2) is 12.8. The lowest BCUT2D eigenvalue weighted by atomic mass is 9.97. The number of hydrogen-bond acceptors (Lipinski definition) is 6. The average molecular weight is 492 g/mol. The summed E-state index contributed by atoms with van der Waals surface area (Å²) in [6.07, 6.45) is 9.18. The summed E-state index contributed by atoms with van der Waals surface area (Å²) in [4.78, 5) is 48.7. The number of carbonyl (C=O) groups excluding carboxylic acids is 3. The Hall–Kier alpha value is -2.78. The predicted molar refractivity (Wildman–Crippen MR) is 131 cm³/mol. The Kier molecular flexibility index (Phi) is 9.80. The molecule has 0 aromatic carbocycles. The summed E-state index contributed by atoms with van der Waals surface area (Å²) in [5.74, 6) is -0.123. The number of hydrogen-bond donors (Lipinski definition) is 0. The third kappa shape index (κ3) is 7.11. The molecule has 3 amide bonds. The van der Waals surface area contributed by atoms with Crippen molar-refractivity contribution in [2.24, 2.45) is 0 Å². The molecule has 0 saturated carbocycles. The summed E-state index contributed by atoms with van der Waals surface area (Å²) in [6.45, 7) is 9.64. The van der Waals surface area contributed by atoms with Gasteiger partial charge in [0.2, 0.25) is 5.91 Å². The van der Waals surface area contributed by atoms with Crippen molar-refractivity contribution in [3.8, 4) is 0 Å². The van der Waals surface area contributed by atoms with E-state index < -0.39 is 18.2 Å². The van der Waals surface area contributed by atoms with Crippen LogP contribution in [0.5, 0.6) is 0 Å². The molecule has 0 N–H and O–H groups in total. The summed E-state index contributed by atoms with van der Waals surface area (Å²) in [5.41, 5.74) is 0. The van der Waals surface area contributed by atoms with Crippen LogP contribution in [0.3, 0.4) is 0 Å². The zero-order chi connectivity index (χ0) is 25.4. The molecular formula is C25H41N5O5. The van der Waals surface area contributed by atoms with Crippen LogP contribution in [0, 0.1) is 0 Å². The molecule has 35 heavy (non-hydrogen) atoms. The Labute approximate surface area is 208 Å². The molecular weight excluding hydrogens is 450 g/mol. The summed E-state index contributed by atoms with van der Waals surface area (Å²) < 4.78 is 13.1. The van der Waals surface area contributed by atoms with Crippen LogP contribution < -0.4 is 0 Å². The largest absolute Gasteiger partial charge is 0.446 e. The van der Waals surface area contributed by atoms with Crippen molar-refractivity contribution in [1.82, 2.24) is 24.3 Å². The zero-order valence-electron chi connectivity index (χ0n) is 21.6. The van der Waals surface area contributed by atoms with Crippen LogP contribution in [0.4, 0.5) is 9.59 Å². The van der Waals surface area contributed by atoms with Gasteiger partial charge in [-0.2, -0.15) is 0 Å². The van der Waals surface area contributed by atoms with Gasteiger partial charge in [0.15, 0.2) is 0 Å². The fraction of sp³-hybridized carbons (Fsp3) is 0.760. The van der Waals surface area contributed by atoms with E-state index in [-0.39, 0.29) is 37.2 Å². The van der Waals surface area contributed by atoms with Gasteiger partial charge in [-0.15, -0.1) is 0 Å². The molecule has 2 aliphatic heterocycles. The molecule has 3 unspecified atom stereocenters. The number of piperidine rings is 1. The van der Waals surface area contributed by atoms with Crippen LogP contribution >= 0.6 is 0 Å². The molecule has 3 heterocycles. The maximum absolute atomic E-state index is 13.9. The lowest BCUT2D eigenvalue weighted by Gasteiger charge is -2.44. The fourth-order valence-corrected chi connectivity index (χ4v) is 4.53. The number of piperazine rings is 1. The van der Waals surface area contributed by atoms with Crippen molar-refractivity contribution in [1.29, 1.82) is 0 Å². The molecule has 196 valence electrons. The van der Waals surface area contributed by atoms with Crippen LogP contribution in [0.2, 0.25) is 0 Å². The minimum Gasteiger partial charge on any atom is -0.446 e. The quantitative estimate of drug-likeness (QED) is 0.552. The second-order valence-electron chi connectivity index (χ2n) is 9.63. The van der Waals surface area contributed by atoms with Gasteiger partial charge in [-0.25, -0.2) is 14.6 Å². The van der Waals surface area contributed by atoms with E-state index in [1.165, 1.54) is 4.90 Å². The number of imidazole rings is 1. The first-order chi connectivity index (χ1) is 16.8. The number of carbonyl (C=O) groups is 3. The highest BCUT2D eigenvalue weighted by atomic mass is 16.6. The predicted octanol–water partition coefficient (Wildman–Crippen LogP) is 3.51. The van der Waals surface area contributed by atoms with Crippen molar-refractivity contribution < 1.29 is 23.9 Å². The van der Waals surface area contributed by atoms with Crippen molar-refractivity contribution in [3.63, 3.8) is 0 Å². The van der Waals surface area contributed by atoms with E-state index in [1.807, 2.05) is 43.4 Å². The molecule has 0 bridgehead atoms. The Morgan fingerprint density at radius 3 is 2.34 bits per heavy atom. The van der Waals surface area contributed by atoms with Crippen molar-refractivity contribution in [2.75, 3.05) is 26.2 Å². The standard InChI is InChI=1S/C25H41N5O5/c1-5-19(3)34-24(32)28-15-16-30(25(33)35-20(4)6-2)22(17-28)23(31)29-12-8-7-9-21(29)10-13-27-14-11-26-18-27/h11,14,18-22H,5-10,12-13,15-17H2,1-4H3/t19?,20?,21?,22-/m1/s1. The van der Waals surface area contributed by atoms with E-state index in [0.29, 0.717) is 25.9 Å². The summed E-state index contributed by atoms with van der Waals surface area (Å²) >= 11 is 0. The van der Waals surface area contributed by atoms with Crippen LogP contribution in [-0.4, -0.2) is 92.8 Å². The first kappa shape index (κ1) is 26.8. The third-order valence-corrected chi connectivity index (χ3v) is 7.10. The number of aromatic nitrogens is 2. The highest BCUT2D eigenvalue weighted by Crippen LogP contribution is 2.24. The van der Waals surface area contributed by atoms with Crippen LogP contribution in [-0.2, 0) is 20.8 Å². The minimum absolute atomic E-state index is 0.0773. The molecule has 2 saturated heterocycles. The fourth-order valence-electron chi connectivity index (χ4n) is 4.53. The van der Waals surface area contributed by atoms with E-state index >= 15 is 0 Å². The Bertz CT molecular complexity index is 832. The number of ether oxygens (including phenoxy) is 2. The summed E-state index contributed by atoms with van der Waals surface area (Å²) in [5, 5.41) is 0. The highest BCUT2D eigenvalue weighted by molar-refractivity contribution is 5.87. The van der Waals surface area contributed by atoms with Crippen LogP contribution in [0.1, 0.15) is 66.2 Å². The normalized spacial score (nSPS) is 22.5. The molecule has 4 atom stereocenters. The molecule has 1 aromatic heterocycles. The Morgan fingerprint density at radius 2 is 1.69 bits per heavy atom. The smallest absolute Gasteiger partial charge is 0.410 e. The number of aryl methyl sites for hydroxylation is 1. The summed E-state index contributed by atoms with van der Waals surface area (Å²) in [7, 11) is 0. The maximum Gasteiger partial charge on any atom is 0.410 e. The monoisotopic (exact) mass is 491 g/mol. The van der Waals surface area contributed by atoms with Crippen LogP contribution in [0.15, 0.2) is 18.7 Å².